The first kappa shape index (κ1) is 20.4. The molecule has 0 unspecified atom stereocenters. The Labute approximate surface area is 182 Å². The Kier molecular flexibility index (Phi) is 10.9. The third-order valence-corrected chi connectivity index (χ3v) is 1.60. The second-order valence-electron chi connectivity index (χ2n) is 2.44. The van der Waals surface area contributed by atoms with E-state index in [-0.39, 0.29) is 103 Å². The van der Waals surface area contributed by atoms with Crippen molar-refractivity contribution < 1.29 is 33.7 Å². The number of methoxy groups -OCH3 is 2. The summed E-state index contributed by atoms with van der Waals surface area (Å²) < 4.78 is 13.1. The molecular formula is C8H8K2O7. The Morgan fingerprint density at radius 2 is 1.24 bits per heavy atom. The Bertz CT molecular complexity index is 376. The zero-order chi connectivity index (χ0) is 11.6. The summed E-state index contributed by atoms with van der Waals surface area (Å²) in [6.45, 7) is 0. The minimum atomic E-state index is -1.02. The molecule has 2 radical (unpaired) electrons. The molecule has 1 heterocycles. The molecule has 0 amide bonds. The van der Waals surface area contributed by atoms with Crippen LogP contribution in [0.3, 0.4) is 0 Å². The van der Waals surface area contributed by atoms with Crippen LogP contribution in [-0.4, -0.2) is 139 Å². The largest absolute Gasteiger partial charge is 0.501 e. The van der Waals surface area contributed by atoms with Gasteiger partial charge in [-0.05, 0) is 0 Å². The number of hydrogen-bond acceptors (Lipinski definition) is 7. The zero-order valence-corrected chi connectivity index (χ0v) is 16.2. The molecule has 2 N–H and O–H groups in total. The van der Waals surface area contributed by atoms with Crippen LogP contribution in [0, 0.1) is 0 Å². The quantitative estimate of drug-likeness (QED) is 0.559. The normalized spacial score (nSPS) is 8.59. The van der Waals surface area contributed by atoms with E-state index in [4.69, 9.17) is 0 Å². The van der Waals surface area contributed by atoms with Crippen molar-refractivity contribution in [2.45, 2.75) is 0 Å². The monoisotopic (exact) mass is 294 g/mol. The fraction of sp³-hybridized carbons (Fsp3) is 0.250. The van der Waals surface area contributed by atoms with Crippen molar-refractivity contribution in [1.82, 2.24) is 0 Å². The molecule has 1 aromatic rings. The summed E-state index contributed by atoms with van der Waals surface area (Å²) in [6, 6.07) is 0. The molecule has 1 rings (SSSR count). The summed E-state index contributed by atoms with van der Waals surface area (Å²) >= 11 is 0. The molecule has 7 nitrogen and oxygen atoms in total. The van der Waals surface area contributed by atoms with Gasteiger partial charge in [-0.15, -0.1) is 0 Å². The summed E-state index contributed by atoms with van der Waals surface area (Å²) in [5.74, 6) is -5.06. The van der Waals surface area contributed by atoms with E-state index in [9.17, 15) is 19.8 Å². The summed E-state index contributed by atoms with van der Waals surface area (Å²) in [6.07, 6.45) is 0. The number of furan rings is 1. The van der Waals surface area contributed by atoms with Crippen molar-refractivity contribution in [2.75, 3.05) is 14.2 Å². The number of carbonyl (C=O) groups excluding carboxylic acids is 2. The van der Waals surface area contributed by atoms with Crippen molar-refractivity contribution >= 4 is 115 Å². The number of hydrogen-bond donors (Lipinski definition) is 2. The van der Waals surface area contributed by atoms with E-state index < -0.39 is 35.0 Å². The smallest absolute Gasteiger partial charge is 0.378 e. The number of aromatic hydroxyl groups is 2. The topological polar surface area (TPSA) is 106 Å². The Morgan fingerprint density at radius 1 is 0.941 bits per heavy atom. The van der Waals surface area contributed by atoms with E-state index in [2.05, 4.69) is 13.9 Å². The molecule has 0 spiro atoms. The van der Waals surface area contributed by atoms with Crippen LogP contribution < -0.4 is 0 Å². The van der Waals surface area contributed by atoms with E-state index >= 15 is 0 Å². The number of carbonyl (C=O) groups is 2. The molecule has 0 aliphatic rings. The molecule has 9 heteroatoms. The van der Waals surface area contributed by atoms with Crippen LogP contribution in [0.15, 0.2) is 4.42 Å². The zero-order valence-electron chi connectivity index (χ0n) is 9.94. The molecule has 0 aliphatic carbocycles. The van der Waals surface area contributed by atoms with Crippen molar-refractivity contribution in [3.05, 3.63) is 11.5 Å². The molecule has 0 atom stereocenters. The van der Waals surface area contributed by atoms with E-state index in [0.29, 0.717) is 0 Å². The van der Waals surface area contributed by atoms with Gasteiger partial charge in [0.25, 0.3) is 11.5 Å². The van der Waals surface area contributed by atoms with Gasteiger partial charge in [0.1, 0.15) is 0 Å². The van der Waals surface area contributed by atoms with Crippen molar-refractivity contribution in [3.8, 4) is 11.5 Å². The molecule has 0 saturated heterocycles. The second-order valence-corrected chi connectivity index (χ2v) is 2.44. The minimum absolute atomic E-state index is 0. The predicted octanol–water partition coefficient (Wildman–Crippen LogP) is -0.498. The van der Waals surface area contributed by atoms with E-state index in [1.54, 1.807) is 0 Å². The maximum atomic E-state index is 11.0. The number of ether oxygens (including phenoxy) is 2. The summed E-state index contributed by atoms with van der Waals surface area (Å²) in [5.41, 5.74) is 0. The summed E-state index contributed by atoms with van der Waals surface area (Å²) in [7, 11) is 2.11. The van der Waals surface area contributed by atoms with E-state index in [0.717, 1.165) is 14.2 Å². The van der Waals surface area contributed by atoms with Crippen LogP contribution in [0.5, 0.6) is 11.5 Å². The number of esters is 2. The first-order chi connectivity index (χ1) is 7.02. The van der Waals surface area contributed by atoms with Crippen LogP contribution in [0.4, 0.5) is 0 Å². The molecule has 17 heavy (non-hydrogen) atoms. The van der Waals surface area contributed by atoms with Gasteiger partial charge >= 0.3 is 11.9 Å². The van der Waals surface area contributed by atoms with Gasteiger partial charge in [0.2, 0.25) is 11.5 Å². The average molecular weight is 294 g/mol. The van der Waals surface area contributed by atoms with Crippen LogP contribution >= 0.6 is 0 Å². The fourth-order valence-electron chi connectivity index (χ4n) is 0.876. The van der Waals surface area contributed by atoms with Crippen LogP contribution in [0.1, 0.15) is 21.1 Å². The third kappa shape index (κ3) is 4.60. The van der Waals surface area contributed by atoms with Gasteiger partial charge < -0.3 is 24.1 Å². The molecule has 84 valence electrons. The molecule has 0 aromatic carbocycles. The molecule has 0 bridgehead atoms. The van der Waals surface area contributed by atoms with Gasteiger partial charge in [-0.3, -0.25) is 0 Å². The maximum Gasteiger partial charge on any atom is 0.378 e. The van der Waals surface area contributed by atoms with Gasteiger partial charge in [0.05, 0.1) is 14.2 Å². The van der Waals surface area contributed by atoms with Gasteiger partial charge in [0, 0.05) is 103 Å². The molecule has 1 aromatic heterocycles. The standard InChI is InChI=1S/C8H8O7.2K/c1-13-7(11)5-3(9)4(10)6(15-5)8(12)14-2;;/h9-10H,1-2H3;;. The summed E-state index contributed by atoms with van der Waals surface area (Å²) in [5, 5.41) is 18.4. The Hall–Kier alpha value is 1.09. The molecule has 0 fully saturated rings. The molecular weight excluding hydrogens is 286 g/mol. The van der Waals surface area contributed by atoms with Gasteiger partial charge in [0.15, 0.2) is 0 Å². The first-order valence-corrected chi connectivity index (χ1v) is 3.74. The SMILES string of the molecule is COC(=O)c1oc(C(=O)OC)c(O)c1O.[K].[K]. The minimum Gasteiger partial charge on any atom is -0.501 e. The van der Waals surface area contributed by atoms with Crippen LogP contribution in [0.2, 0.25) is 0 Å². The van der Waals surface area contributed by atoms with Crippen LogP contribution in [-0.2, 0) is 9.47 Å². The first-order valence-electron chi connectivity index (χ1n) is 3.74. The van der Waals surface area contributed by atoms with Gasteiger partial charge in [-0.1, -0.05) is 0 Å². The van der Waals surface area contributed by atoms with Crippen molar-refractivity contribution in [2.24, 2.45) is 0 Å². The Balaban J connectivity index is 0. The summed E-state index contributed by atoms with van der Waals surface area (Å²) in [4.78, 5) is 21.9. The second kappa shape index (κ2) is 9.07. The van der Waals surface area contributed by atoms with E-state index in [1.807, 2.05) is 0 Å². The maximum absolute atomic E-state index is 11.0. The van der Waals surface area contributed by atoms with Crippen molar-refractivity contribution in [1.29, 1.82) is 0 Å². The fourth-order valence-corrected chi connectivity index (χ4v) is 0.876. The van der Waals surface area contributed by atoms with E-state index in [1.165, 1.54) is 0 Å². The van der Waals surface area contributed by atoms with Crippen LogP contribution in [0.25, 0.3) is 0 Å². The Morgan fingerprint density at radius 3 is 1.47 bits per heavy atom. The predicted molar refractivity (Wildman–Crippen MR) is 56.2 cm³/mol. The van der Waals surface area contributed by atoms with Crippen molar-refractivity contribution in [3.63, 3.8) is 0 Å². The average Bonchev–Trinajstić information content (AvgIpc) is 2.54. The number of rotatable bonds is 2. The molecule has 0 aliphatic heterocycles. The third-order valence-electron chi connectivity index (χ3n) is 1.60. The van der Waals surface area contributed by atoms with Gasteiger partial charge in [-0.2, -0.15) is 0 Å². The van der Waals surface area contributed by atoms with Gasteiger partial charge in [-0.25, -0.2) is 9.59 Å². The molecule has 0 saturated carbocycles.